The van der Waals surface area contributed by atoms with Gasteiger partial charge in [-0.25, -0.2) is 0 Å². The minimum absolute atomic E-state index is 0.135. The van der Waals surface area contributed by atoms with Crippen LogP contribution >= 0.6 is 11.8 Å². The Balaban J connectivity index is 1.16. The summed E-state index contributed by atoms with van der Waals surface area (Å²) in [6.45, 7) is 2.77. The summed E-state index contributed by atoms with van der Waals surface area (Å²) in [5, 5.41) is 6.13. The van der Waals surface area contributed by atoms with E-state index in [9.17, 15) is 4.79 Å². The molecule has 0 aliphatic carbocycles. The van der Waals surface area contributed by atoms with Crippen molar-refractivity contribution >= 4 is 46.0 Å². The summed E-state index contributed by atoms with van der Waals surface area (Å²) in [6, 6.07) is 34.2. The summed E-state index contributed by atoms with van der Waals surface area (Å²) in [5.41, 5.74) is 10.2. The molecule has 0 unspecified atom stereocenters. The molecule has 0 atom stereocenters. The van der Waals surface area contributed by atoms with Crippen molar-refractivity contribution in [2.45, 2.75) is 23.3 Å². The van der Waals surface area contributed by atoms with Gasteiger partial charge in [0, 0.05) is 32.8 Å². The van der Waals surface area contributed by atoms with Gasteiger partial charge in [-0.05, 0) is 72.7 Å². The normalized spacial score (nSPS) is 12.5. The zero-order chi connectivity index (χ0) is 25.9. The highest BCUT2D eigenvalue weighted by molar-refractivity contribution is 7.99. The molecule has 38 heavy (non-hydrogen) atoms. The molecule has 0 radical (unpaired) electrons. The lowest BCUT2D eigenvalue weighted by atomic mass is 10.1. The van der Waals surface area contributed by atoms with Gasteiger partial charge < -0.3 is 5.32 Å². The number of hydrogen-bond acceptors (Lipinski definition) is 5. The summed E-state index contributed by atoms with van der Waals surface area (Å²) in [6.07, 6.45) is 4.16. The number of fused-ring (bicyclic) bond motifs is 2. The largest absolute Gasteiger partial charge is 0.322 e. The molecule has 6 rings (SSSR count). The highest BCUT2D eigenvalue weighted by Crippen LogP contribution is 2.36. The van der Waals surface area contributed by atoms with E-state index < -0.39 is 0 Å². The maximum atomic E-state index is 13.3. The minimum atomic E-state index is -0.135. The van der Waals surface area contributed by atoms with Crippen LogP contribution in [-0.2, 0) is 6.54 Å². The van der Waals surface area contributed by atoms with E-state index in [1.54, 1.807) is 11.8 Å². The van der Waals surface area contributed by atoms with Crippen LogP contribution in [0.15, 0.2) is 119 Å². The number of hydrazine groups is 1. The van der Waals surface area contributed by atoms with E-state index in [0.717, 1.165) is 49.9 Å². The molecule has 1 aromatic heterocycles. The first-order valence-corrected chi connectivity index (χ1v) is 13.3. The Morgan fingerprint density at radius 1 is 0.947 bits per heavy atom. The first-order valence-electron chi connectivity index (χ1n) is 12.5. The van der Waals surface area contributed by atoms with E-state index in [2.05, 4.69) is 63.3 Å². The van der Waals surface area contributed by atoms with E-state index in [4.69, 9.17) is 0 Å². The zero-order valence-corrected chi connectivity index (χ0v) is 21.7. The van der Waals surface area contributed by atoms with Crippen LogP contribution in [-0.4, -0.2) is 15.9 Å². The van der Waals surface area contributed by atoms with Gasteiger partial charge in [0.25, 0.3) is 5.91 Å². The van der Waals surface area contributed by atoms with Gasteiger partial charge in [0.05, 0.1) is 23.3 Å². The molecule has 1 aliphatic rings. The number of carbonyl (C=O) groups is 1. The Labute approximate surface area is 226 Å². The quantitative estimate of drug-likeness (QED) is 0.242. The summed E-state index contributed by atoms with van der Waals surface area (Å²) in [7, 11) is 0. The predicted octanol–water partition coefficient (Wildman–Crippen LogP) is 7.76. The molecule has 186 valence electrons. The third kappa shape index (κ3) is 5.26. The van der Waals surface area contributed by atoms with Crippen LogP contribution in [0.2, 0.25) is 0 Å². The summed E-state index contributed by atoms with van der Waals surface area (Å²) >= 11 is 1.59. The average Bonchev–Trinajstić information content (AvgIpc) is 3.35. The molecule has 0 bridgehead atoms. The maximum Gasteiger partial charge on any atom is 0.256 e. The zero-order valence-electron chi connectivity index (χ0n) is 20.9. The number of nitrogens with one attached hydrogen (secondary N) is 2. The number of carbonyl (C=O) groups excluding carboxylic acids is 1. The second-order valence-electron chi connectivity index (χ2n) is 9.20. The monoisotopic (exact) mass is 514 g/mol. The fraction of sp³-hybridized carbons (Fsp3) is 0.0625. The lowest BCUT2D eigenvalue weighted by molar-refractivity contribution is 0.102. The third-order valence-electron chi connectivity index (χ3n) is 6.38. The molecule has 4 aromatic carbocycles. The fourth-order valence-corrected chi connectivity index (χ4v) is 5.43. The van der Waals surface area contributed by atoms with E-state index in [1.807, 2.05) is 79.7 Å². The van der Waals surface area contributed by atoms with Crippen molar-refractivity contribution in [1.29, 1.82) is 0 Å². The van der Waals surface area contributed by atoms with Crippen LogP contribution in [0.5, 0.6) is 0 Å². The molecule has 0 fully saturated rings. The van der Waals surface area contributed by atoms with Gasteiger partial charge >= 0.3 is 0 Å². The van der Waals surface area contributed by atoms with Gasteiger partial charge in [0.2, 0.25) is 0 Å². The van der Waals surface area contributed by atoms with E-state index in [0.29, 0.717) is 5.56 Å². The van der Waals surface area contributed by atoms with Gasteiger partial charge in [-0.3, -0.25) is 20.2 Å². The number of hydrogen-bond donors (Lipinski definition) is 2. The van der Waals surface area contributed by atoms with Crippen LogP contribution in [0, 0.1) is 6.92 Å². The number of nitrogens with zero attached hydrogens (tertiary/aromatic N) is 2. The Hall–Kier alpha value is -4.55. The predicted molar refractivity (Wildman–Crippen MR) is 156 cm³/mol. The summed E-state index contributed by atoms with van der Waals surface area (Å²) in [4.78, 5) is 19.8. The second kappa shape index (κ2) is 10.4. The lowest BCUT2D eigenvalue weighted by Gasteiger charge is -2.13. The average molecular weight is 515 g/mol. The van der Waals surface area contributed by atoms with Crippen LogP contribution < -0.4 is 10.7 Å². The molecular weight excluding hydrogens is 488 g/mol. The minimum Gasteiger partial charge on any atom is -0.322 e. The van der Waals surface area contributed by atoms with Crippen LogP contribution in [0.1, 0.15) is 27.2 Å². The standard InChI is InChI=1S/C32H26N4OS/c1-22-11-12-24-19-26(14-16-29(24)33-22)34-32(37)28-9-5-6-10-31(28)38-27-15-13-25-21-36(35-30(25)20-27)18-17-23-7-3-2-4-8-23/h2-20,35H,21H2,1H3,(H,34,37). The molecule has 0 saturated carbocycles. The van der Waals surface area contributed by atoms with Crippen LogP contribution in [0.25, 0.3) is 17.0 Å². The first kappa shape index (κ1) is 23.8. The summed E-state index contributed by atoms with van der Waals surface area (Å²) < 4.78 is 0. The van der Waals surface area contributed by atoms with Crippen molar-refractivity contribution in [3.05, 3.63) is 132 Å². The lowest BCUT2D eigenvalue weighted by Crippen LogP contribution is -2.15. The summed E-state index contributed by atoms with van der Waals surface area (Å²) in [5.74, 6) is -0.135. The molecule has 1 aliphatic heterocycles. The number of aryl methyl sites for hydroxylation is 1. The molecule has 6 heteroatoms. The van der Waals surface area contributed by atoms with E-state index in [1.165, 1.54) is 5.56 Å². The Morgan fingerprint density at radius 3 is 2.68 bits per heavy atom. The number of amides is 1. The first-order chi connectivity index (χ1) is 18.6. The van der Waals surface area contributed by atoms with Crippen molar-refractivity contribution in [3.63, 3.8) is 0 Å². The van der Waals surface area contributed by atoms with Crippen molar-refractivity contribution in [3.8, 4) is 0 Å². The molecule has 0 saturated heterocycles. The van der Waals surface area contributed by atoms with Gasteiger partial charge in [0.15, 0.2) is 0 Å². The van der Waals surface area contributed by atoms with E-state index >= 15 is 0 Å². The Morgan fingerprint density at radius 2 is 1.79 bits per heavy atom. The molecular formula is C32H26N4OS. The van der Waals surface area contributed by atoms with Crippen molar-refractivity contribution in [2.24, 2.45) is 0 Å². The number of pyridine rings is 1. The van der Waals surface area contributed by atoms with Crippen molar-refractivity contribution in [1.82, 2.24) is 9.99 Å². The Bertz CT molecular complexity index is 1670. The van der Waals surface area contributed by atoms with Gasteiger partial charge in [-0.1, -0.05) is 66.4 Å². The molecule has 5 aromatic rings. The highest BCUT2D eigenvalue weighted by atomic mass is 32.2. The molecule has 5 nitrogen and oxygen atoms in total. The number of aromatic nitrogens is 1. The Kier molecular flexibility index (Phi) is 6.54. The van der Waals surface area contributed by atoms with Gasteiger partial charge in [-0.2, -0.15) is 0 Å². The smallest absolute Gasteiger partial charge is 0.256 e. The molecule has 0 spiro atoms. The van der Waals surface area contributed by atoms with Gasteiger partial charge in [0.1, 0.15) is 0 Å². The van der Waals surface area contributed by atoms with Crippen LogP contribution in [0.4, 0.5) is 11.4 Å². The van der Waals surface area contributed by atoms with Gasteiger partial charge in [-0.15, -0.1) is 0 Å². The highest BCUT2D eigenvalue weighted by Gasteiger charge is 2.18. The fourth-order valence-electron chi connectivity index (χ4n) is 4.44. The van der Waals surface area contributed by atoms with Crippen molar-refractivity contribution in [2.75, 3.05) is 10.7 Å². The second-order valence-corrected chi connectivity index (χ2v) is 10.3. The maximum absolute atomic E-state index is 13.3. The van der Waals surface area contributed by atoms with Crippen molar-refractivity contribution < 1.29 is 4.79 Å². The number of anilines is 2. The van der Waals surface area contributed by atoms with E-state index in [-0.39, 0.29) is 5.91 Å². The number of benzene rings is 4. The number of rotatable bonds is 6. The third-order valence-corrected chi connectivity index (χ3v) is 7.44. The molecule has 2 N–H and O–H groups in total. The molecule has 1 amide bonds. The van der Waals surface area contributed by atoms with Crippen LogP contribution in [0.3, 0.4) is 0 Å². The topological polar surface area (TPSA) is 57.3 Å². The SMILES string of the molecule is Cc1ccc2cc(NC(=O)c3ccccc3Sc3ccc4c(c3)NN(C=Cc3ccccc3)C4)ccc2n1. The molecule has 2 heterocycles.